The summed E-state index contributed by atoms with van der Waals surface area (Å²) in [6.45, 7) is 0.564. The van der Waals surface area contributed by atoms with Gasteiger partial charge in [-0.25, -0.2) is 4.98 Å². The van der Waals surface area contributed by atoms with Crippen molar-refractivity contribution in [2.75, 3.05) is 6.54 Å². The van der Waals surface area contributed by atoms with Crippen molar-refractivity contribution in [2.24, 2.45) is 5.73 Å². The van der Waals surface area contributed by atoms with E-state index in [1.807, 2.05) is 30.5 Å². The third-order valence-electron chi connectivity index (χ3n) is 2.23. The van der Waals surface area contributed by atoms with Crippen LogP contribution in [0.25, 0.3) is 0 Å². The smallest absolute Gasteiger partial charge is 0.0967 e. The van der Waals surface area contributed by atoms with Crippen molar-refractivity contribution in [1.29, 1.82) is 0 Å². The summed E-state index contributed by atoms with van der Waals surface area (Å²) in [5.74, 6) is 0. The Kier molecular flexibility index (Phi) is 4.53. The van der Waals surface area contributed by atoms with Gasteiger partial charge in [-0.3, -0.25) is 4.98 Å². The minimum atomic E-state index is 0.192. The van der Waals surface area contributed by atoms with Gasteiger partial charge in [0.2, 0.25) is 0 Å². The molecule has 0 aliphatic rings. The van der Waals surface area contributed by atoms with Crippen molar-refractivity contribution >= 4 is 27.7 Å². The van der Waals surface area contributed by atoms with Crippen LogP contribution in [0.1, 0.15) is 10.8 Å². The standard InChI is InChI=1S/C12H12BrN3S/c13-10-3-4-12(16-8-10)17-11(6-14)9-2-1-5-15-7-9/h1-5,7-8,11H,6,14H2. The van der Waals surface area contributed by atoms with Crippen LogP contribution in [0.5, 0.6) is 0 Å². The van der Waals surface area contributed by atoms with Crippen LogP contribution >= 0.6 is 27.7 Å². The van der Waals surface area contributed by atoms with Gasteiger partial charge in [-0.2, -0.15) is 0 Å². The lowest BCUT2D eigenvalue weighted by atomic mass is 10.2. The average molecular weight is 310 g/mol. The van der Waals surface area contributed by atoms with Crippen molar-refractivity contribution < 1.29 is 0 Å². The van der Waals surface area contributed by atoms with E-state index in [1.54, 1.807) is 24.2 Å². The first-order valence-electron chi connectivity index (χ1n) is 5.18. The summed E-state index contributed by atoms with van der Waals surface area (Å²) in [6, 6.07) is 7.92. The number of halogens is 1. The number of thioether (sulfide) groups is 1. The zero-order chi connectivity index (χ0) is 12.1. The Hall–Kier alpha value is -0.910. The predicted octanol–water partition coefficient (Wildman–Crippen LogP) is 3.03. The van der Waals surface area contributed by atoms with Gasteiger partial charge >= 0.3 is 0 Å². The van der Waals surface area contributed by atoms with Crippen molar-refractivity contribution in [2.45, 2.75) is 10.3 Å². The van der Waals surface area contributed by atoms with E-state index in [0.29, 0.717) is 6.54 Å². The molecule has 0 radical (unpaired) electrons. The molecule has 2 rings (SSSR count). The summed E-state index contributed by atoms with van der Waals surface area (Å²) in [6.07, 6.45) is 5.40. The molecule has 0 fully saturated rings. The number of hydrogen-bond donors (Lipinski definition) is 1. The first kappa shape index (κ1) is 12.5. The minimum Gasteiger partial charge on any atom is -0.329 e. The van der Waals surface area contributed by atoms with Crippen LogP contribution in [0.2, 0.25) is 0 Å². The second kappa shape index (κ2) is 6.14. The van der Waals surface area contributed by atoms with Crippen molar-refractivity contribution in [3.63, 3.8) is 0 Å². The quantitative estimate of drug-likeness (QED) is 0.882. The fraction of sp³-hybridized carbons (Fsp3) is 0.167. The first-order valence-corrected chi connectivity index (χ1v) is 6.85. The molecule has 0 spiro atoms. The van der Waals surface area contributed by atoms with E-state index in [0.717, 1.165) is 15.1 Å². The molecule has 17 heavy (non-hydrogen) atoms. The van der Waals surface area contributed by atoms with Gasteiger partial charge in [-0.15, -0.1) is 0 Å². The van der Waals surface area contributed by atoms with Crippen LogP contribution in [-0.4, -0.2) is 16.5 Å². The second-order valence-electron chi connectivity index (χ2n) is 3.44. The third-order valence-corrected chi connectivity index (χ3v) is 3.93. The van der Waals surface area contributed by atoms with E-state index >= 15 is 0 Å². The molecular weight excluding hydrogens is 298 g/mol. The summed E-state index contributed by atoms with van der Waals surface area (Å²) in [5.41, 5.74) is 6.93. The molecule has 5 heteroatoms. The Morgan fingerprint density at radius 3 is 2.76 bits per heavy atom. The Bertz CT molecular complexity index is 461. The van der Waals surface area contributed by atoms with E-state index in [9.17, 15) is 0 Å². The van der Waals surface area contributed by atoms with Gasteiger partial charge in [0, 0.05) is 34.9 Å². The van der Waals surface area contributed by atoms with E-state index in [1.165, 1.54) is 0 Å². The van der Waals surface area contributed by atoms with Crippen LogP contribution in [-0.2, 0) is 0 Å². The zero-order valence-electron chi connectivity index (χ0n) is 9.08. The SMILES string of the molecule is NCC(Sc1ccc(Br)cn1)c1cccnc1. The summed E-state index contributed by atoms with van der Waals surface area (Å²) in [7, 11) is 0. The fourth-order valence-corrected chi connectivity index (χ4v) is 2.55. The highest BCUT2D eigenvalue weighted by molar-refractivity contribution is 9.10. The third kappa shape index (κ3) is 3.52. The highest BCUT2D eigenvalue weighted by atomic mass is 79.9. The lowest BCUT2D eigenvalue weighted by Gasteiger charge is -2.13. The number of pyridine rings is 2. The summed E-state index contributed by atoms with van der Waals surface area (Å²) >= 11 is 5.02. The summed E-state index contributed by atoms with van der Waals surface area (Å²) < 4.78 is 0.979. The molecule has 2 N–H and O–H groups in total. The molecule has 1 unspecified atom stereocenters. The van der Waals surface area contributed by atoms with Gasteiger partial charge in [-0.1, -0.05) is 17.8 Å². The van der Waals surface area contributed by atoms with Crippen molar-refractivity contribution in [3.05, 3.63) is 52.9 Å². The number of nitrogens with zero attached hydrogens (tertiary/aromatic N) is 2. The number of nitrogens with two attached hydrogens (primary N) is 1. The largest absolute Gasteiger partial charge is 0.329 e. The molecular formula is C12H12BrN3S. The van der Waals surface area contributed by atoms with E-state index in [2.05, 4.69) is 25.9 Å². The van der Waals surface area contributed by atoms with E-state index in [-0.39, 0.29) is 5.25 Å². The van der Waals surface area contributed by atoms with Gasteiger partial charge in [0.15, 0.2) is 0 Å². The van der Waals surface area contributed by atoms with Crippen LogP contribution in [0.15, 0.2) is 52.4 Å². The van der Waals surface area contributed by atoms with Gasteiger partial charge in [0.1, 0.15) is 0 Å². The van der Waals surface area contributed by atoms with Gasteiger partial charge < -0.3 is 5.73 Å². The average Bonchev–Trinajstić information content (AvgIpc) is 2.39. The molecule has 0 saturated heterocycles. The second-order valence-corrected chi connectivity index (χ2v) is 5.58. The number of rotatable bonds is 4. The topological polar surface area (TPSA) is 51.8 Å². The normalized spacial score (nSPS) is 12.4. The molecule has 0 saturated carbocycles. The highest BCUT2D eigenvalue weighted by Gasteiger charge is 2.12. The molecule has 1 atom stereocenters. The molecule has 2 aromatic rings. The highest BCUT2D eigenvalue weighted by Crippen LogP contribution is 2.32. The summed E-state index contributed by atoms with van der Waals surface area (Å²) in [4.78, 5) is 8.44. The maximum Gasteiger partial charge on any atom is 0.0967 e. The Labute approximate surface area is 113 Å². The van der Waals surface area contributed by atoms with E-state index < -0.39 is 0 Å². The van der Waals surface area contributed by atoms with Gasteiger partial charge in [0.05, 0.1) is 5.03 Å². The fourth-order valence-electron chi connectivity index (χ4n) is 1.40. The maximum atomic E-state index is 5.80. The molecule has 88 valence electrons. The number of aromatic nitrogens is 2. The number of hydrogen-bond acceptors (Lipinski definition) is 4. The Morgan fingerprint density at radius 1 is 1.29 bits per heavy atom. The van der Waals surface area contributed by atoms with E-state index in [4.69, 9.17) is 5.73 Å². The molecule has 0 aromatic carbocycles. The van der Waals surface area contributed by atoms with Crippen LogP contribution in [0.3, 0.4) is 0 Å². The molecule has 0 aliphatic heterocycles. The predicted molar refractivity (Wildman–Crippen MR) is 73.8 cm³/mol. The van der Waals surface area contributed by atoms with Gasteiger partial charge in [-0.05, 0) is 39.7 Å². The van der Waals surface area contributed by atoms with Crippen LogP contribution in [0, 0.1) is 0 Å². The molecule has 0 amide bonds. The van der Waals surface area contributed by atoms with Crippen molar-refractivity contribution in [3.8, 4) is 0 Å². The first-order chi connectivity index (χ1) is 8.29. The summed E-state index contributed by atoms with van der Waals surface area (Å²) in [5, 5.41) is 1.16. The lowest BCUT2D eigenvalue weighted by Crippen LogP contribution is -2.09. The minimum absolute atomic E-state index is 0.192. The molecule has 0 bridgehead atoms. The van der Waals surface area contributed by atoms with Crippen molar-refractivity contribution in [1.82, 2.24) is 9.97 Å². The lowest BCUT2D eigenvalue weighted by molar-refractivity contribution is 0.926. The molecule has 3 nitrogen and oxygen atoms in total. The van der Waals surface area contributed by atoms with Crippen LogP contribution < -0.4 is 5.73 Å². The Morgan fingerprint density at radius 2 is 2.18 bits per heavy atom. The maximum absolute atomic E-state index is 5.80. The zero-order valence-corrected chi connectivity index (χ0v) is 11.5. The Balaban J connectivity index is 2.13. The molecule has 0 aliphatic carbocycles. The van der Waals surface area contributed by atoms with Crippen LogP contribution in [0.4, 0.5) is 0 Å². The molecule has 2 aromatic heterocycles. The monoisotopic (exact) mass is 309 g/mol. The molecule has 2 heterocycles. The van der Waals surface area contributed by atoms with Gasteiger partial charge in [0.25, 0.3) is 0 Å².